The first-order valence-corrected chi connectivity index (χ1v) is 5.14. The van der Waals surface area contributed by atoms with Crippen molar-refractivity contribution >= 4 is 0 Å². The van der Waals surface area contributed by atoms with Crippen molar-refractivity contribution in [1.29, 1.82) is 0 Å². The van der Waals surface area contributed by atoms with Crippen LogP contribution in [0.15, 0.2) is 24.3 Å². The highest BCUT2D eigenvalue weighted by atomic mass is 19.4. The van der Waals surface area contributed by atoms with Gasteiger partial charge in [-0.1, -0.05) is 12.1 Å². The second-order valence-electron chi connectivity index (χ2n) is 3.88. The van der Waals surface area contributed by atoms with Crippen LogP contribution in [-0.2, 0) is 0 Å². The topological polar surface area (TPSA) is 47.3 Å². The van der Waals surface area contributed by atoms with Gasteiger partial charge in [-0.15, -0.1) is 0 Å². The van der Waals surface area contributed by atoms with Crippen LogP contribution in [0.2, 0.25) is 0 Å². The van der Waals surface area contributed by atoms with Crippen LogP contribution in [0.4, 0.5) is 13.2 Å². The monoisotopic (exact) mass is 248 g/mol. The Bertz CT molecular complexity index is 349. The van der Waals surface area contributed by atoms with Gasteiger partial charge in [0, 0.05) is 0 Å². The molecule has 0 amide bonds. The van der Waals surface area contributed by atoms with Crippen molar-refractivity contribution < 1.29 is 17.9 Å². The molecular weight excluding hydrogens is 233 g/mol. The number of ether oxygens (including phenoxy) is 1. The molecule has 0 aliphatic carbocycles. The number of halogens is 3. The Morgan fingerprint density at radius 1 is 1.18 bits per heavy atom. The largest absolute Gasteiger partial charge is 0.491 e. The minimum absolute atomic E-state index is 0.0214. The zero-order valence-electron chi connectivity index (χ0n) is 9.58. The van der Waals surface area contributed by atoms with E-state index in [1.54, 1.807) is 5.43 Å². The second-order valence-corrected chi connectivity index (χ2v) is 3.88. The van der Waals surface area contributed by atoms with Crippen LogP contribution in [0, 0.1) is 0 Å². The first-order chi connectivity index (χ1) is 7.84. The van der Waals surface area contributed by atoms with Crippen molar-refractivity contribution in [2.24, 2.45) is 5.84 Å². The molecule has 0 aliphatic heterocycles. The van der Waals surface area contributed by atoms with Gasteiger partial charge >= 0.3 is 6.18 Å². The highest BCUT2D eigenvalue weighted by Gasteiger charge is 2.40. The average molecular weight is 248 g/mol. The number of rotatable bonds is 4. The molecule has 3 nitrogen and oxygen atoms in total. The van der Waals surface area contributed by atoms with E-state index in [1.807, 2.05) is 13.8 Å². The third-order valence-corrected chi connectivity index (χ3v) is 2.08. The summed E-state index contributed by atoms with van der Waals surface area (Å²) in [4.78, 5) is 0. The Balaban J connectivity index is 2.86. The van der Waals surface area contributed by atoms with Crippen LogP contribution in [0.25, 0.3) is 0 Å². The van der Waals surface area contributed by atoms with Crippen molar-refractivity contribution in [3.63, 3.8) is 0 Å². The van der Waals surface area contributed by atoms with Crippen LogP contribution in [-0.4, -0.2) is 12.3 Å². The molecule has 6 heteroatoms. The standard InChI is InChI=1S/C11H15F3N2O/c1-7(2)17-9-5-3-8(4-6-9)10(16-15)11(12,13)14/h3-7,10,16H,15H2,1-2H3. The van der Waals surface area contributed by atoms with E-state index in [-0.39, 0.29) is 11.7 Å². The van der Waals surface area contributed by atoms with Crippen LogP contribution in [0.3, 0.4) is 0 Å². The first-order valence-electron chi connectivity index (χ1n) is 5.14. The maximum atomic E-state index is 12.5. The molecule has 0 radical (unpaired) electrons. The number of hydrogen-bond acceptors (Lipinski definition) is 3. The Labute approximate surface area is 97.7 Å². The Kier molecular flexibility index (Phi) is 4.36. The summed E-state index contributed by atoms with van der Waals surface area (Å²) in [5.41, 5.74) is 1.80. The molecule has 0 saturated heterocycles. The number of alkyl halides is 3. The molecule has 1 rings (SSSR count). The summed E-state index contributed by atoms with van der Waals surface area (Å²) in [6, 6.07) is 3.80. The summed E-state index contributed by atoms with van der Waals surface area (Å²) < 4.78 is 43.0. The van der Waals surface area contributed by atoms with Crippen LogP contribution in [0.5, 0.6) is 5.75 Å². The van der Waals surface area contributed by atoms with Gasteiger partial charge in [0.05, 0.1) is 6.10 Å². The maximum Gasteiger partial charge on any atom is 0.409 e. The minimum atomic E-state index is -4.42. The van der Waals surface area contributed by atoms with Crippen LogP contribution in [0.1, 0.15) is 25.5 Å². The molecule has 0 aliphatic rings. The van der Waals surface area contributed by atoms with E-state index in [2.05, 4.69) is 0 Å². The van der Waals surface area contributed by atoms with E-state index in [0.29, 0.717) is 5.75 Å². The lowest BCUT2D eigenvalue weighted by Gasteiger charge is -2.20. The van der Waals surface area contributed by atoms with Crippen molar-refractivity contribution in [1.82, 2.24) is 5.43 Å². The smallest absolute Gasteiger partial charge is 0.409 e. The van der Waals surface area contributed by atoms with E-state index >= 15 is 0 Å². The maximum absolute atomic E-state index is 12.5. The third-order valence-electron chi connectivity index (χ3n) is 2.08. The van der Waals surface area contributed by atoms with E-state index in [1.165, 1.54) is 24.3 Å². The number of nitrogens with one attached hydrogen (secondary N) is 1. The zero-order valence-corrected chi connectivity index (χ0v) is 9.58. The van der Waals surface area contributed by atoms with Crippen molar-refractivity contribution in [3.05, 3.63) is 29.8 Å². The molecule has 1 unspecified atom stereocenters. The second kappa shape index (κ2) is 5.37. The summed E-state index contributed by atoms with van der Waals surface area (Å²) >= 11 is 0. The lowest BCUT2D eigenvalue weighted by molar-refractivity contribution is -0.157. The minimum Gasteiger partial charge on any atom is -0.491 e. The van der Waals surface area contributed by atoms with Crippen LogP contribution >= 0.6 is 0 Å². The molecule has 0 heterocycles. The predicted molar refractivity (Wildman–Crippen MR) is 58.3 cm³/mol. The quantitative estimate of drug-likeness (QED) is 0.636. The highest BCUT2D eigenvalue weighted by molar-refractivity contribution is 5.30. The van der Waals surface area contributed by atoms with E-state index in [4.69, 9.17) is 10.6 Å². The molecule has 0 bridgehead atoms. The molecule has 1 aromatic rings. The van der Waals surface area contributed by atoms with E-state index in [0.717, 1.165) is 0 Å². The Hall–Kier alpha value is -1.27. The van der Waals surface area contributed by atoms with Crippen LogP contribution < -0.4 is 16.0 Å². The molecule has 0 saturated carbocycles. The van der Waals surface area contributed by atoms with Gasteiger partial charge in [0.15, 0.2) is 0 Å². The summed E-state index contributed by atoms with van der Waals surface area (Å²) in [6.07, 6.45) is -4.44. The first kappa shape index (κ1) is 13.8. The van der Waals surface area contributed by atoms with Gasteiger partial charge in [-0.25, -0.2) is 5.43 Å². The SMILES string of the molecule is CC(C)Oc1ccc(C(NN)C(F)(F)F)cc1. The van der Waals surface area contributed by atoms with Gasteiger partial charge < -0.3 is 4.74 Å². The van der Waals surface area contributed by atoms with Gasteiger partial charge in [0.2, 0.25) is 0 Å². The fourth-order valence-electron chi connectivity index (χ4n) is 1.39. The average Bonchev–Trinajstić information content (AvgIpc) is 2.18. The number of hydrogen-bond donors (Lipinski definition) is 2. The molecular formula is C11H15F3N2O. The number of benzene rings is 1. The molecule has 0 aromatic heterocycles. The fraction of sp³-hybridized carbons (Fsp3) is 0.455. The van der Waals surface area contributed by atoms with Gasteiger partial charge in [-0.2, -0.15) is 13.2 Å². The normalized spacial score (nSPS) is 13.8. The number of nitrogens with two attached hydrogens (primary N) is 1. The van der Waals surface area contributed by atoms with Gasteiger partial charge in [0.1, 0.15) is 11.8 Å². The van der Waals surface area contributed by atoms with E-state index < -0.39 is 12.2 Å². The third kappa shape index (κ3) is 3.90. The Morgan fingerprint density at radius 3 is 2.06 bits per heavy atom. The summed E-state index contributed by atoms with van der Waals surface area (Å²) in [5, 5.41) is 0. The molecule has 1 atom stereocenters. The van der Waals surface area contributed by atoms with Crippen molar-refractivity contribution in [2.45, 2.75) is 32.2 Å². The summed E-state index contributed by atoms with van der Waals surface area (Å²) in [6.45, 7) is 3.68. The van der Waals surface area contributed by atoms with Gasteiger partial charge in [0.25, 0.3) is 0 Å². The summed E-state index contributed by atoms with van der Waals surface area (Å²) in [5.74, 6) is 5.44. The lowest BCUT2D eigenvalue weighted by Crippen LogP contribution is -2.38. The molecule has 96 valence electrons. The molecule has 1 aromatic carbocycles. The van der Waals surface area contributed by atoms with Crippen molar-refractivity contribution in [3.8, 4) is 5.75 Å². The Morgan fingerprint density at radius 2 is 1.71 bits per heavy atom. The molecule has 3 N–H and O–H groups in total. The fourth-order valence-corrected chi connectivity index (χ4v) is 1.39. The molecule has 0 spiro atoms. The lowest BCUT2D eigenvalue weighted by atomic mass is 10.1. The predicted octanol–water partition coefficient (Wildman–Crippen LogP) is 2.54. The summed E-state index contributed by atoms with van der Waals surface area (Å²) in [7, 11) is 0. The van der Waals surface area contributed by atoms with Crippen molar-refractivity contribution in [2.75, 3.05) is 0 Å². The van der Waals surface area contributed by atoms with Gasteiger partial charge in [-0.3, -0.25) is 5.84 Å². The molecule has 0 fully saturated rings. The zero-order chi connectivity index (χ0) is 13.1. The number of hydrazine groups is 1. The van der Waals surface area contributed by atoms with Gasteiger partial charge in [-0.05, 0) is 31.5 Å². The highest BCUT2D eigenvalue weighted by Crippen LogP contribution is 2.32. The van der Waals surface area contributed by atoms with E-state index in [9.17, 15) is 13.2 Å². The molecule has 17 heavy (non-hydrogen) atoms.